The quantitative estimate of drug-likeness (QED) is 0.706. The lowest BCUT2D eigenvalue weighted by Gasteiger charge is -2.36. The third-order valence-electron chi connectivity index (χ3n) is 5.77. The summed E-state index contributed by atoms with van der Waals surface area (Å²) in [5, 5.41) is 8.93. The topological polar surface area (TPSA) is 85.3 Å². The van der Waals surface area contributed by atoms with Crippen LogP contribution in [0, 0.1) is 0 Å². The minimum atomic E-state index is -0.409. The van der Waals surface area contributed by atoms with E-state index in [-0.39, 0.29) is 36.9 Å². The highest BCUT2D eigenvalue weighted by Crippen LogP contribution is 2.19. The predicted molar refractivity (Wildman–Crippen MR) is 127 cm³/mol. The molecule has 1 N–H and O–H groups in total. The lowest BCUT2D eigenvalue weighted by molar-refractivity contribution is -0.133. The monoisotopic (exact) mass is 467 g/mol. The zero-order chi connectivity index (χ0) is 23.2. The molecule has 0 aromatic heterocycles. The Morgan fingerprint density at radius 2 is 1.64 bits per heavy atom. The molecule has 0 spiro atoms. The maximum Gasteiger partial charge on any atom is 0.267 e. The number of benzene rings is 2. The number of hydrazone groups is 1. The van der Waals surface area contributed by atoms with Crippen molar-refractivity contribution in [2.45, 2.75) is 19.4 Å². The SMILES string of the molecule is O=C(NCC(=O)N1CCN(c2ccc(Cl)cc2)CC1)C1=NN(Cc2ccccc2)C(=O)CC1. The highest BCUT2D eigenvalue weighted by atomic mass is 35.5. The van der Waals surface area contributed by atoms with Gasteiger partial charge in [-0.1, -0.05) is 41.9 Å². The van der Waals surface area contributed by atoms with Crippen LogP contribution in [-0.4, -0.2) is 66.1 Å². The van der Waals surface area contributed by atoms with Gasteiger partial charge in [-0.2, -0.15) is 5.10 Å². The molecule has 1 saturated heterocycles. The molecule has 33 heavy (non-hydrogen) atoms. The van der Waals surface area contributed by atoms with Gasteiger partial charge in [0.15, 0.2) is 0 Å². The van der Waals surface area contributed by atoms with Gasteiger partial charge < -0.3 is 15.1 Å². The first kappa shape index (κ1) is 22.8. The molecule has 3 amide bonds. The second-order valence-corrected chi connectivity index (χ2v) is 8.45. The minimum absolute atomic E-state index is 0.0918. The number of amides is 3. The summed E-state index contributed by atoms with van der Waals surface area (Å²) in [5.74, 6) is -0.661. The number of piperazine rings is 1. The Balaban J connectivity index is 1.26. The summed E-state index contributed by atoms with van der Waals surface area (Å²) >= 11 is 5.95. The Kier molecular flexibility index (Phi) is 7.24. The summed E-state index contributed by atoms with van der Waals surface area (Å²) in [6.45, 7) is 2.81. The van der Waals surface area contributed by atoms with Crippen LogP contribution in [0.5, 0.6) is 0 Å². The third kappa shape index (κ3) is 5.90. The first-order chi connectivity index (χ1) is 16.0. The van der Waals surface area contributed by atoms with E-state index in [0.29, 0.717) is 37.7 Å². The van der Waals surface area contributed by atoms with Gasteiger partial charge in [-0.25, -0.2) is 5.01 Å². The molecule has 0 unspecified atom stereocenters. The standard InChI is InChI=1S/C24H26ClN5O3/c25-19-6-8-20(9-7-19)28-12-14-29(15-13-28)23(32)16-26-24(33)21-10-11-22(31)30(27-21)17-18-4-2-1-3-5-18/h1-9H,10-17H2,(H,26,33). The van der Waals surface area contributed by atoms with Gasteiger partial charge in [-0.15, -0.1) is 0 Å². The van der Waals surface area contributed by atoms with Gasteiger partial charge in [0, 0.05) is 49.7 Å². The molecule has 8 nitrogen and oxygen atoms in total. The zero-order valence-electron chi connectivity index (χ0n) is 18.2. The molecule has 9 heteroatoms. The van der Waals surface area contributed by atoms with Crippen molar-refractivity contribution in [2.75, 3.05) is 37.6 Å². The van der Waals surface area contributed by atoms with Crippen LogP contribution in [0.4, 0.5) is 5.69 Å². The molecular formula is C24H26ClN5O3. The Bertz CT molecular complexity index is 1030. The molecule has 172 valence electrons. The molecule has 2 heterocycles. The zero-order valence-corrected chi connectivity index (χ0v) is 19.0. The smallest absolute Gasteiger partial charge is 0.267 e. The number of nitrogens with zero attached hydrogens (tertiary/aromatic N) is 4. The summed E-state index contributed by atoms with van der Waals surface area (Å²) in [7, 11) is 0. The van der Waals surface area contributed by atoms with Gasteiger partial charge in [0.1, 0.15) is 5.71 Å². The molecule has 0 aliphatic carbocycles. The number of rotatable bonds is 6. The van der Waals surface area contributed by atoms with Gasteiger partial charge in [0.05, 0.1) is 13.1 Å². The number of hydrogen-bond acceptors (Lipinski definition) is 5. The molecule has 4 rings (SSSR count). The van der Waals surface area contributed by atoms with Crippen molar-refractivity contribution >= 4 is 40.7 Å². The lowest BCUT2D eigenvalue weighted by atomic mass is 10.1. The molecule has 2 aromatic carbocycles. The summed E-state index contributed by atoms with van der Waals surface area (Å²) in [6, 6.07) is 17.1. The van der Waals surface area contributed by atoms with E-state index in [4.69, 9.17) is 11.6 Å². The summed E-state index contributed by atoms with van der Waals surface area (Å²) in [4.78, 5) is 41.3. The van der Waals surface area contributed by atoms with Crippen LogP contribution >= 0.6 is 11.6 Å². The van der Waals surface area contributed by atoms with E-state index in [2.05, 4.69) is 15.3 Å². The summed E-state index contributed by atoms with van der Waals surface area (Å²) < 4.78 is 0. The molecule has 2 aliphatic heterocycles. The molecular weight excluding hydrogens is 442 g/mol. The molecule has 0 atom stereocenters. The van der Waals surface area contributed by atoms with Gasteiger partial charge in [0.25, 0.3) is 5.91 Å². The third-order valence-corrected chi connectivity index (χ3v) is 6.02. The summed E-state index contributed by atoms with van der Waals surface area (Å²) in [5.41, 5.74) is 2.28. The van der Waals surface area contributed by atoms with Crippen LogP contribution in [0.3, 0.4) is 0 Å². The number of hydrogen-bond donors (Lipinski definition) is 1. The largest absolute Gasteiger partial charge is 0.368 e. The first-order valence-electron chi connectivity index (χ1n) is 11.0. The number of halogens is 1. The number of carbonyl (C=O) groups excluding carboxylic acids is 3. The Morgan fingerprint density at radius 3 is 2.33 bits per heavy atom. The fraction of sp³-hybridized carbons (Fsp3) is 0.333. The van der Waals surface area contributed by atoms with E-state index < -0.39 is 5.91 Å². The van der Waals surface area contributed by atoms with E-state index in [1.165, 1.54) is 5.01 Å². The van der Waals surface area contributed by atoms with Crippen LogP contribution in [-0.2, 0) is 20.9 Å². The normalized spacial score (nSPS) is 16.5. The second kappa shape index (κ2) is 10.5. The lowest BCUT2D eigenvalue weighted by Crippen LogP contribution is -2.51. The highest BCUT2D eigenvalue weighted by molar-refractivity contribution is 6.39. The number of anilines is 1. The Morgan fingerprint density at radius 1 is 0.939 bits per heavy atom. The van der Waals surface area contributed by atoms with Gasteiger partial charge in [-0.05, 0) is 29.8 Å². The van der Waals surface area contributed by atoms with Crippen LogP contribution in [0.1, 0.15) is 18.4 Å². The molecule has 0 bridgehead atoms. The molecule has 0 saturated carbocycles. The van der Waals surface area contributed by atoms with Crippen LogP contribution in [0.25, 0.3) is 0 Å². The number of carbonyl (C=O) groups is 3. The first-order valence-corrected chi connectivity index (χ1v) is 11.4. The summed E-state index contributed by atoms with van der Waals surface area (Å²) in [6.07, 6.45) is 0.490. The van der Waals surface area contributed by atoms with Crippen molar-refractivity contribution in [2.24, 2.45) is 5.10 Å². The van der Waals surface area contributed by atoms with Crippen LogP contribution < -0.4 is 10.2 Å². The van der Waals surface area contributed by atoms with Gasteiger partial charge in [0.2, 0.25) is 11.8 Å². The predicted octanol–water partition coefficient (Wildman–Crippen LogP) is 2.28. The van der Waals surface area contributed by atoms with Crippen molar-refractivity contribution in [1.82, 2.24) is 15.2 Å². The van der Waals surface area contributed by atoms with E-state index in [9.17, 15) is 14.4 Å². The second-order valence-electron chi connectivity index (χ2n) is 8.01. The maximum atomic E-state index is 12.6. The number of nitrogens with one attached hydrogen (secondary N) is 1. The van der Waals surface area contributed by atoms with E-state index in [1.807, 2.05) is 54.6 Å². The van der Waals surface area contributed by atoms with E-state index in [0.717, 1.165) is 11.3 Å². The average Bonchev–Trinajstić information content (AvgIpc) is 2.85. The van der Waals surface area contributed by atoms with Gasteiger partial charge >= 0.3 is 0 Å². The highest BCUT2D eigenvalue weighted by Gasteiger charge is 2.26. The fourth-order valence-corrected chi connectivity index (χ4v) is 4.01. The van der Waals surface area contributed by atoms with Crippen molar-refractivity contribution in [3.8, 4) is 0 Å². The van der Waals surface area contributed by atoms with Crippen molar-refractivity contribution in [3.05, 3.63) is 65.2 Å². The molecule has 2 aromatic rings. The van der Waals surface area contributed by atoms with E-state index in [1.54, 1.807) is 4.90 Å². The minimum Gasteiger partial charge on any atom is -0.368 e. The molecule has 0 radical (unpaired) electrons. The van der Waals surface area contributed by atoms with E-state index >= 15 is 0 Å². The van der Waals surface area contributed by atoms with Crippen molar-refractivity contribution < 1.29 is 14.4 Å². The van der Waals surface area contributed by atoms with Crippen molar-refractivity contribution in [1.29, 1.82) is 0 Å². The fourth-order valence-electron chi connectivity index (χ4n) is 3.88. The molecule has 1 fully saturated rings. The van der Waals surface area contributed by atoms with Crippen LogP contribution in [0.15, 0.2) is 59.7 Å². The molecule has 2 aliphatic rings. The van der Waals surface area contributed by atoms with Crippen LogP contribution in [0.2, 0.25) is 5.02 Å². The van der Waals surface area contributed by atoms with Crippen molar-refractivity contribution in [3.63, 3.8) is 0 Å². The Labute approximate surface area is 197 Å². The van der Waals surface area contributed by atoms with Gasteiger partial charge in [-0.3, -0.25) is 14.4 Å². The Hall–Kier alpha value is -3.39. The maximum absolute atomic E-state index is 12.6. The average molecular weight is 468 g/mol.